The van der Waals surface area contributed by atoms with Gasteiger partial charge in [-0.3, -0.25) is 4.79 Å². The molecule has 0 fully saturated rings. The first kappa shape index (κ1) is 13.6. The molecule has 1 aromatic rings. The summed E-state index contributed by atoms with van der Waals surface area (Å²) < 4.78 is 5.55. The van der Waals surface area contributed by atoms with Crippen LogP contribution in [-0.2, 0) is 4.79 Å². The van der Waals surface area contributed by atoms with Crippen LogP contribution < -0.4 is 4.74 Å². The van der Waals surface area contributed by atoms with Crippen molar-refractivity contribution in [1.82, 2.24) is 4.90 Å². The van der Waals surface area contributed by atoms with Gasteiger partial charge < -0.3 is 9.64 Å². The van der Waals surface area contributed by atoms with Crippen LogP contribution in [0.2, 0.25) is 0 Å². The number of ether oxygens (including phenoxy) is 1. The van der Waals surface area contributed by atoms with Crippen LogP contribution in [0, 0.1) is 13.8 Å². The van der Waals surface area contributed by atoms with Gasteiger partial charge >= 0.3 is 0 Å². The van der Waals surface area contributed by atoms with E-state index in [-0.39, 0.29) is 12.5 Å². The molecule has 0 atom stereocenters. The van der Waals surface area contributed by atoms with Gasteiger partial charge in [-0.2, -0.15) is 0 Å². The molecule has 0 heterocycles. The molecule has 0 bridgehead atoms. The van der Waals surface area contributed by atoms with E-state index in [1.807, 2.05) is 39.8 Å². The second-order valence-corrected chi connectivity index (χ2v) is 4.12. The van der Waals surface area contributed by atoms with Gasteiger partial charge in [-0.1, -0.05) is 17.7 Å². The second kappa shape index (κ2) is 6.28. The number of benzene rings is 1. The smallest absolute Gasteiger partial charge is 0.260 e. The van der Waals surface area contributed by atoms with Crippen molar-refractivity contribution in [3.63, 3.8) is 0 Å². The Hall–Kier alpha value is -1.51. The molecular formula is C14H21NO2. The molecule has 0 saturated carbocycles. The molecule has 0 radical (unpaired) electrons. The van der Waals surface area contributed by atoms with Gasteiger partial charge in [0, 0.05) is 13.1 Å². The number of carbonyl (C=O) groups excluding carboxylic acids is 1. The third kappa shape index (κ3) is 3.77. The summed E-state index contributed by atoms with van der Waals surface area (Å²) in [5, 5.41) is 0. The van der Waals surface area contributed by atoms with E-state index in [4.69, 9.17) is 4.74 Å². The minimum Gasteiger partial charge on any atom is -0.484 e. The third-order valence-corrected chi connectivity index (χ3v) is 2.80. The number of likely N-dealkylation sites (N-methyl/N-ethyl adjacent to an activating group) is 1. The van der Waals surface area contributed by atoms with E-state index in [1.165, 1.54) is 5.56 Å². The van der Waals surface area contributed by atoms with Crippen molar-refractivity contribution >= 4 is 5.91 Å². The van der Waals surface area contributed by atoms with Crippen LogP contribution in [-0.4, -0.2) is 30.5 Å². The predicted octanol–water partition coefficient (Wildman–Crippen LogP) is 2.55. The zero-order valence-corrected chi connectivity index (χ0v) is 11.1. The zero-order chi connectivity index (χ0) is 12.8. The Morgan fingerprint density at radius 1 is 1.24 bits per heavy atom. The molecule has 0 aliphatic carbocycles. The van der Waals surface area contributed by atoms with Crippen LogP contribution >= 0.6 is 0 Å². The van der Waals surface area contributed by atoms with Crippen molar-refractivity contribution in [1.29, 1.82) is 0 Å². The highest BCUT2D eigenvalue weighted by atomic mass is 16.5. The lowest BCUT2D eigenvalue weighted by atomic mass is 10.1. The standard InChI is InChI=1S/C14H21NO2/c1-5-15(6-2)14(16)10-17-13-8-7-11(3)9-12(13)4/h7-9H,5-6,10H2,1-4H3. The zero-order valence-electron chi connectivity index (χ0n) is 11.1. The van der Waals surface area contributed by atoms with Gasteiger partial charge in [0.25, 0.3) is 5.91 Å². The largest absolute Gasteiger partial charge is 0.484 e. The van der Waals surface area contributed by atoms with Gasteiger partial charge in [0.1, 0.15) is 5.75 Å². The van der Waals surface area contributed by atoms with Crippen LogP contribution in [0.5, 0.6) is 5.75 Å². The highest BCUT2D eigenvalue weighted by molar-refractivity contribution is 5.77. The maximum atomic E-state index is 11.8. The number of amides is 1. The lowest BCUT2D eigenvalue weighted by Gasteiger charge is -2.19. The molecule has 3 nitrogen and oxygen atoms in total. The summed E-state index contributed by atoms with van der Waals surface area (Å²) in [6.45, 7) is 9.54. The van der Waals surface area contributed by atoms with Crippen LogP contribution in [0.3, 0.4) is 0 Å². The summed E-state index contributed by atoms with van der Waals surface area (Å²) in [7, 11) is 0. The van der Waals surface area contributed by atoms with Crippen molar-refractivity contribution in [2.24, 2.45) is 0 Å². The molecule has 1 amide bonds. The Balaban J connectivity index is 2.58. The van der Waals surface area contributed by atoms with Gasteiger partial charge in [-0.25, -0.2) is 0 Å². The van der Waals surface area contributed by atoms with E-state index < -0.39 is 0 Å². The van der Waals surface area contributed by atoms with Crippen LogP contribution in [0.1, 0.15) is 25.0 Å². The van der Waals surface area contributed by atoms with Gasteiger partial charge in [-0.15, -0.1) is 0 Å². The topological polar surface area (TPSA) is 29.5 Å². The quantitative estimate of drug-likeness (QED) is 0.785. The number of carbonyl (C=O) groups is 1. The average Bonchev–Trinajstić information content (AvgIpc) is 2.29. The second-order valence-electron chi connectivity index (χ2n) is 4.12. The summed E-state index contributed by atoms with van der Waals surface area (Å²) in [5.41, 5.74) is 2.27. The Morgan fingerprint density at radius 2 is 1.88 bits per heavy atom. The number of rotatable bonds is 5. The lowest BCUT2D eigenvalue weighted by Crippen LogP contribution is -2.34. The Labute approximate surface area is 103 Å². The first-order valence-electron chi connectivity index (χ1n) is 6.06. The van der Waals surface area contributed by atoms with Crippen molar-refractivity contribution in [2.75, 3.05) is 19.7 Å². The maximum absolute atomic E-state index is 11.8. The van der Waals surface area contributed by atoms with Gasteiger partial charge in [0.15, 0.2) is 6.61 Å². The minimum absolute atomic E-state index is 0.0370. The van der Waals surface area contributed by atoms with E-state index in [0.29, 0.717) is 0 Å². The van der Waals surface area contributed by atoms with E-state index in [1.54, 1.807) is 4.90 Å². The first-order chi connectivity index (χ1) is 8.08. The molecule has 0 saturated heterocycles. The van der Waals surface area contributed by atoms with E-state index in [9.17, 15) is 4.79 Å². The summed E-state index contributed by atoms with van der Waals surface area (Å²) in [4.78, 5) is 13.5. The summed E-state index contributed by atoms with van der Waals surface area (Å²) in [6, 6.07) is 5.96. The molecule has 0 spiro atoms. The van der Waals surface area contributed by atoms with Crippen molar-refractivity contribution < 1.29 is 9.53 Å². The molecule has 0 unspecified atom stereocenters. The fourth-order valence-corrected chi connectivity index (χ4v) is 1.77. The molecule has 0 aliphatic heterocycles. The highest BCUT2D eigenvalue weighted by Gasteiger charge is 2.10. The molecule has 1 aromatic carbocycles. The van der Waals surface area contributed by atoms with Crippen LogP contribution in [0.4, 0.5) is 0 Å². The molecule has 0 N–H and O–H groups in total. The fraction of sp³-hybridized carbons (Fsp3) is 0.500. The number of aryl methyl sites for hydroxylation is 2. The fourth-order valence-electron chi connectivity index (χ4n) is 1.77. The monoisotopic (exact) mass is 235 g/mol. The summed E-state index contributed by atoms with van der Waals surface area (Å²) in [5.74, 6) is 0.825. The van der Waals surface area contributed by atoms with Crippen LogP contribution in [0.15, 0.2) is 18.2 Å². The van der Waals surface area contributed by atoms with E-state index in [2.05, 4.69) is 6.07 Å². The minimum atomic E-state index is 0.0370. The molecule has 17 heavy (non-hydrogen) atoms. The maximum Gasteiger partial charge on any atom is 0.260 e. The van der Waals surface area contributed by atoms with Crippen molar-refractivity contribution in [2.45, 2.75) is 27.7 Å². The Morgan fingerprint density at radius 3 is 2.41 bits per heavy atom. The van der Waals surface area contributed by atoms with Crippen molar-refractivity contribution in [3.05, 3.63) is 29.3 Å². The normalized spacial score (nSPS) is 10.1. The van der Waals surface area contributed by atoms with Gasteiger partial charge in [0.05, 0.1) is 0 Å². The molecule has 0 aliphatic rings. The predicted molar refractivity (Wildman–Crippen MR) is 69.3 cm³/mol. The van der Waals surface area contributed by atoms with E-state index >= 15 is 0 Å². The van der Waals surface area contributed by atoms with Crippen molar-refractivity contribution in [3.8, 4) is 5.75 Å². The molecule has 1 rings (SSSR count). The van der Waals surface area contributed by atoms with E-state index in [0.717, 1.165) is 24.4 Å². The molecule has 94 valence electrons. The lowest BCUT2D eigenvalue weighted by molar-refractivity contribution is -0.132. The average molecular weight is 235 g/mol. The SMILES string of the molecule is CCN(CC)C(=O)COc1ccc(C)cc1C. The Kier molecular flexibility index (Phi) is 5.01. The third-order valence-electron chi connectivity index (χ3n) is 2.80. The Bertz CT molecular complexity index is 384. The van der Waals surface area contributed by atoms with Gasteiger partial charge in [0.2, 0.25) is 0 Å². The molecule has 3 heteroatoms. The van der Waals surface area contributed by atoms with Gasteiger partial charge in [-0.05, 0) is 39.3 Å². The molecule has 0 aromatic heterocycles. The summed E-state index contributed by atoms with van der Waals surface area (Å²) >= 11 is 0. The molecular weight excluding hydrogens is 214 g/mol. The number of hydrogen-bond donors (Lipinski definition) is 0. The summed E-state index contributed by atoms with van der Waals surface area (Å²) in [6.07, 6.45) is 0. The first-order valence-corrected chi connectivity index (χ1v) is 6.06. The number of nitrogens with zero attached hydrogens (tertiary/aromatic N) is 1. The van der Waals surface area contributed by atoms with Crippen LogP contribution in [0.25, 0.3) is 0 Å². The highest BCUT2D eigenvalue weighted by Crippen LogP contribution is 2.18. The number of hydrogen-bond acceptors (Lipinski definition) is 2.